The molecule has 1 aliphatic heterocycles. The number of hydrogen-bond donors (Lipinski definition) is 1. The van der Waals surface area contributed by atoms with Gasteiger partial charge in [-0.25, -0.2) is 0 Å². The van der Waals surface area contributed by atoms with Crippen molar-refractivity contribution in [1.29, 1.82) is 0 Å². The molecule has 21 heavy (non-hydrogen) atoms. The average Bonchev–Trinajstić information content (AvgIpc) is 2.54. The number of benzene rings is 1. The molecule has 4 nitrogen and oxygen atoms in total. The lowest BCUT2D eigenvalue weighted by Gasteiger charge is -2.41. The number of hydrogen-bond acceptors (Lipinski definition) is 4. The molecule has 0 bridgehead atoms. The third-order valence-electron chi connectivity index (χ3n) is 3.99. The monoisotopic (exact) mass is 288 g/mol. The number of carbonyl (C=O) groups excluding carboxylic acids is 1. The fraction of sp³-hybridized carbons (Fsp3) is 0.471. The second kappa shape index (κ2) is 7.27. The minimum absolute atomic E-state index is 0.139. The van der Waals surface area contributed by atoms with E-state index in [0.29, 0.717) is 13.2 Å². The van der Waals surface area contributed by atoms with Crippen LogP contribution in [0.4, 0.5) is 5.69 Å². The molecule has 2 rings (SSSR count). The van der Waals surface area contributed by atoms with Crippen molar-refractivity contribution >= 4 is 11.7 Å². The van der Waals surface area contributed by atoms with E-state index in [0.717, 1.165) is 25.9 Å². The van der Waals surface area contributed by atoms with Crippen LogP contribution in [0.3, 0.4) is 0 Å². The number of carbonyl (C=O) groups is 1. The van der Waals surface area contributed by atoms with Gasteiger partial charge in [0, 0.05) is 25.3 Å². The van der Waals surface area contributed by atoms with E-state index < -0.39 is 5.54 Å². The SMILES string of the molecule is C=CCNC1(C(=O)OCC)CCN(c2ccccc2)CC1. The standard InChI is InChI=1S/C17H24N2O2/c1-3-12-18-17(16(20)21-4-2)10-13-19(14-11-17)15-8-6-5-7-9-15/h3,5-9,18H,1,4,10-14H2,2H3. The Labute approximate surface area is 126 Å². The Hall–Kier alpha value is -1.81. The average molecular weight is 288 g/mol. The minimum Gasteiger partial charge on any atom is -0.465 e. The molecule has 4 heteroatoms. The number of para-hydroxylation sites is 1. The number of nitrogens with zero attached hydrogens (tertiary/aromatic N) is 1. The van der Waals surface area contributed by atoms with Crippen LogP contribution in [0.1, 0.15) is 19.8 Å². The van der Waals surface area contributed by atoms with Gasteiger partial charge in [0.25, 0.3) is 0 Å². The zero-order valence-corrected chi connectivity index (χ0v) is 12.7. The van der Waals surface area contributed by atoms with Gasteiger partial charge in [-0.3, -0.25) is 10.1 Å². The number of rotatable bonds is 6. The highest BCUT2D eigenvalue weighted by Crippen LogP contribution is 2.27. The summed E-state index contributed by atoms with van der Waals surface area (Å²) in [6.07, 6.45) is 3.27. The van der Waals surface area contributed by atoms with Crippen LogP contribution >= 0.6 is 0 Å². The first kappa shape index (κ1) is 15.6. The third-order valence-corrected chi connectivity index (χ3v) is 3.99. The molecule has 0 aromatic heterocycles. The van der Waals surface area contributed by atoms with E-state index in [-0.39, 0.29) is 5.97 Å². The fourth-order valence-corrected chi connectivity index (χ4v) is 2.78. The summed E-state index contributed by atoms with van der Waals surface area (Å²) in [4.78, 5) is 14.6. The van der Waals surface area contributed by atoms with Crippen LogP contribution in [0.25, 0.3) is 0 Å². The lowest BCUT2D eigenvalue weighted by atomic mass is 9.87. The van der Waals surface area contributed by atoms with Crippen LogP contribution < -0.4 is 10.2 Å². The van der Waals surface area contributed by atoms with Gasteiger partial charge in [0.1, 0.15) is 5.54 Å². The maximum absolute atomic E-state index is 12.3. The number of nitrogens with one attached hydrogen (secondary N) is 1. The molecule has 0 aliphatic carbocycles. The summed E-state index contributed by atoms with van der Waals surface area (Å²) < 4.78 is 5.27. The smallest absolute Gasteiger partial charge is 0.326 e. The van der Waals surface area contributed by atoms with Crippen molar-refractivity contribution in [3.05, 3.63) is 43.0 Å². The van der Waals surface area contributed by atoms with Crippen LogP contribution in [0.5, 0.6) is 0 Å². The van der Waals surface area contributed by atoms with E-state index in [1.165, 1.54) is 5.69 Å². The van der Waals surface area contributed by atoms with Crippen molar-refractivity contribution in [2.24, 2.45) is 0 Å². The van der Waals surface area contributed by atoms with Crippen molar-refractivity contribution in [3.63, 3.8) is 0 Å². The van der Waals surface area contributed by atoms with Crippen molar-refractivity contribution in [2.75, 3.05) is 31.1 Å². The number of anilines is 1. The lowest BCUT2D eigenvalue weighted by molar-refractivity contribution is -0.152. The van der Waals surface area contributed by atoms with Gasteiger partial charge in [-0.2, -0.15) is 0 Å². The van der Waals surface area contributed by atoms with Crippen molar-refractivity contribution in [3.8, 4) is 0 Å². The quantitative estimate of drug-likeness (QED) is 0.644. The van der Waals surface area contributed by atoms with Gasteiger partial charge >= 0.3 is 5.97 Å². The van der Waals surface area contributed by atoms with Crippen molar-refractivity contribution in [1.82, 2.24) is 5.32 Å². The van der Waals surface area contributed by atoms with E-state index in [2.05, 4.69) is 28.9 Å². The summed E-state index contributed by atoms with van der Waals surface area (Å²) in [6, 6.07) is 10.3. The zero-order valence-electron chi connectivity index (χ0n) is 12.7. The van der Waals surface area contributed by atoms with Gasteiger partial charge in [-0.05, 0) is 31.9 Å². The molecule has 1 heterocycles. The molecule has 0 amide bonds. The van der Waals surface area contributed by atoms with Crippen molar-refractivity contribution < 1.29 is 9.53 Å². The molecule has 114 valence electrons. The van der Waals surface area contributed by atoms with Crippen LogP contribution in [0, 0.1) is 0 Å². The van der Waals surface area contributed by atoms with Gasteiger partial charge < -0.3 is 9.64 Å². The Morgan fingerprint density at radius 2 is 2.05 bits per heavy atom. The Balaban J connectivity index is 2.05. The molecule has 0 spiro atoms. The number of piperidine rings is 1. The lowest BCUT2D eigenvalue weighted by Crippen LogP contribution is -2.59. The van der Waals surface area contributed by atoms with Gasteiger partial charge in [0.2, 0.25) is 0 Å². The predicted molar refractivity (Wildman–Crippen MR) is 85.5 cm³/mol. The summed E-state index contributed by atoms with van der Waals surface area (Å²) in [5.74, 6) is -0.139. The highest BCUT2D eigenvalue weighted by molar-refractivity contribution is 5.81. The molecule has 1 N–H and O–H groups in total. The highest BCUT2D eigenvalue weighted by atomic mass is 16.5. The molecular weight excluding hydrogens is 264 g/mol. The summed E-state index contributed by atoms with van der Waals surface area (Å²) in [5, 5.41) is 3.32. The van der Waals surface area contributed by atoms with E-state index >= 15 is 0 Å². The Kier molecular flexibility index (Phi) is 5.39. The first-order valence-corrected chi connectivity index (χ1v) is 7.55. The zero-order chi connectivity index (χ0) is 15.1. The molecule has 1 saturated heterocycles. The van der Waals surface area contributed by atoms with E-state index in [1.807, 2.05) is 25.1 Å². The minimum atomic E-state index is -0.574. The Bertz CT molecular complexity index is 465. The second-order valence-electron chi connectivity index (χ2n) is 5.29. The Morgan fingerprint density at radius 3 is 2.62 bits per heavy atom. The van der Waals surface area contributed by atoms with Gasteiger partial charge in [-0.15, -0.1) is 6.58 Å². The molecule has 1 aromatic rings. The van der Waals surface area contributed by atoms with Crippen LogP contribution in [-0.4, -0.2) is 37.7 Å². The normalized spacial score (nSPS) is 17.3. The molecule has 0 unspecified atom stereocenters. The summed E-state index contributed by atoms with van der Waals surface area (Å²) in [5.41, 5.74) is 0.633. The maximum Gasteiger partial charge on any atom is 0.326 e. The molecule has 0 atom stereocenters. The van der Waals surface area contributed by atoms with Gasteiger partial charge in [-0.1, -0.05) is 24.3 Å². The summed E-state index contributed by atoms with van der Waals surface area (Å²) in [7, 11) is 0. The topological polar surface area (TPSA) is 41.6 Å². The second-order valence-corrected chi connectivity index (χ2v) is 5.29. The summed E-state index contributed by atoms with van der Waals surface area (Å²) >= 11 is 0. The van der Waals surface area contributed by atoms with Crippen LogP contribution in [0.2, 0.25) is 0 Å². The van der Waals surface area contributed by atoms with Crippen LogP contribution in [-0.2, 0) is 9.53 Å². The van der Waals surface area contributed by atoms with E-state index in [4.69, 9.17) is 4.74 Å². The number of ether oxygens (including phenoxy) is 1. The molecule has 1 fully saturated rings. The first-order chi connectivity index (χ1) is 10.2. The molecule has 0 radical (unpaired) electrons. The number of esters is 1. The molecule has 1 aromatic carbocycles. The first-order valence-electron chi connectivity index (χ1n) is 7.55. The fourth-order valence-electron chi connectivity index (χ4n) is 2.78. The molecule has 0 saturated carbocycles. The van der Waals surface area contributed by atoms with Gasteiger partial charge in [0.15, 0.2) is 0 Å². The highest BCUT2D eigenvalue weighted by Gasteiger charge is 2.42. The predicted octanol–water partition coefficient (Wildman–Crippen LogP) is 2.36. The molecular formula is C17H24N2O2. The maximum atomic E-state index is 12.3. The van der Waals surface area contributed by atoms with Gasteiger partial charge in [0.05, 0.1) is 6.61 Å². The summed E-state index contributed by atoms with van der Waals surface area (Å²) in [6.45, 7) is 8.28. The third kappa shape index (κ3) is 3.64. The largest absolute Gasteiger partial charge is 0.465 e. The molecule has 1 aliphatic rings. The van der Waals surface area contributed by atoms with E-state index in [9.17, 15) is 4.79 Å². The van der Waals surface area contributed by atoms with Crippen LogP contribution in [0.15, 0.2) is 43.0 Å². The Morgan fingerprint density at radius 1 is 1.38 bits per heavy atom. The van der Waals surface area contributed by atoms with E-state index in [1.54, 1.807) is 6.08 Å². The van der Waals surface area contributed by atoms with Crippen molar-refractivity contribution in [2.45, 2.75) is 25.3 Å².